The third-order valence-electron chi connectivity index (χ3n) is 3.35. The van der Waals surface area contributed by atoms with Crippen LogP contribution in [0, 0.1) is 4.77 Å². The number of aromatic amines is 1. The van der Waals surface area contributed by atoms with Crippen LogP contribution in [0.5, 0.6) is 5.75 Å². The van der Waals surface area contributed by atoms with Crippen molar-refractivity contribution in [1.82, 2.24) is 14.9 Å². The Kier molecular flexibility index (Phi) is 4.64. The highest BCUT2D eigenvalue weighted by Crippen LogP contribution is 2.27. The minimum absolute atomic E-state index is 0.480. The predicted molar refractivity (Wildman–Crippen MR) is 93.9 cm³/mol. The van der Waals surface area contributed by atoms with Crippen LogP contribution in [0.25, 0.3) is 11.4 Å². The van der Waals surface area contributed by atoms with Gasteiger partial charge in [0.1, 0.15) is 5.75 Å². The molecular formula is C16H15ClN4OS. The average Bonchev–Trinajstić information content (AvgIpc) is 2.93. The molecular weight excluding hydrogens is 332 g/mol. The molecule has 2 aromatic carbocycles. The third-order valence-corrected chi connectivity index (χ3v) is 3.86. The van der Waals surface area contributed by atoms with E-state index in [1.54, 1.807) is 11.8 Å². The van der Waals surface area contributed by atoms with Gasteiger partial charge in [0, 0.05) is 5.02 Å². The fourth-order valence-corrected chi connectivity index (χ4v) is 2.68. The van der Waals surface area contributed by atoms with E-state index in [0.29, 0.717) is 22.2 Å². The number of nitrogens with zero attached hydrogens (tertiary/aromatic N) is 2. The number of aromatic nitrogens is 3. The summed E-state index contributed by atoms with van der Waals surface area (Å²) < 4.78 is 7.61. The van der Waals surface area contributed by atoms with Gasteiger partial charge in [-0.05, 0) is 42.0 Å². The zero-order valence-electron chi connectivity index (χ0n) is 12.4. The molecule has 118 valence electrons. The van der Waals surface area contributed by atoms with Gasteiger partial charge in [0.15, 0.2) is 5.82 Å². The van der Waals surface area contributed by atoms with Gasteiger partial charge in [-0.2, -0.15) is 5.10 Å². The number of benzene rings is 2. The van der Waals surface area contributed by atoms with E-state index in [4.69, 9.17) is 28.6 Å². The largest absolute Gasteiger partial charge is 0.496 e. The van der Waals surface area contributed by atoms with Gasteiger partial charge in [-0.15, -0.1) is 0 Å². The monoisotopic (exact) mass is 346 g/mol. The van der Waals surface area contributed by atoms with Gasteiger partial charge in [0.2, 0.25) is 4.77 Å². The number of rotatable bonds is 5. The van der Waals surface area contributed by atoms with Gasteiger partial charge >= 0.3 is 0 Å². The van der Waals surface area contributed by atoms with E-state index in [9.17, 15) is 0 Å². The zero-order valence-corrected chi connectivity index (χ0v) is 14.0. The Hall–Kier alpha value is -2.31. The molecule has 0 fully saturated rings. The SMILES string of the molecule is COc1ccccc1-c1n[nH]c(=S)n1NCc1cccc(Cl)c1. The van der Waals surface area contributed by atoms with E-state index in [1.165, 1.54) is 0 Å². The molecule has 0 radical (unpaired) electrons. The molecule has 0 atom stereocenters. The summed E-state index contributed by atoms with van der Waals surface area (Å²) in [6, 6.07) is 15.3. The molecule has 0 amide bonds. The summed E-state index contributed by atoms with van der Waals surface area (Å²) in [6.45, 7) is 0.566. The highest BCUT2D eigenvalue weighted by molar-refractivity contribution is 7.71. The summed E-state index contributed by atoms with van der Waals surface area (Å²) in [5.74, 6) is 1.39. The van der Waals surface area contributed by atoms with Gasteiger partial charge in [-0.1, -0.05) is 35.9 Å². The predicted octanol–water partition coefficient (Wildman–Crippen LogP) is 4.01. The highest BCUT2D eigenvalue weighted by Gasteiger charge is 2.13. The molecule has 0 aliphatic heterocycles. The minimum Gasteiger partial charge on any atom is -0.496 e. The van der Waals surface area contributed by atoms with Crippen molar-refractivity contribution in [3.8, 4) is 17.1 Å². The maximum atomic E-state index is 6.01. The second-order valence-corrected chi connectivity index (χ2v) is 5.68. The van der Waals surface area contributed by atoms with Crippen molar-refractivity contribution < 1.29 is 4.74 Å². The van der Waals surface area contributed by atoms with E-state index in [-0.39, 0.29) is 0 Å². The van der Waals surface area contributed by atoms with Crippen LogP contribution in [-0.4, -0.2) is 22.0 Å². The van der Waals surface area contributed by atoms with E-state index in [1.807, 2.05) is 48.5 Å². The lowest BCUT2D eigenvalue weighted by Gasteiger charge is -2.12. The van der Waals surface area contributed by atoms with Crippen molar-refractivity contribution in [2.24, 2.45) is 0 Å². The standard InChI is InChI=1S/C16H15ClN4OS/c1-22-14-8-3-2-7-13(14)15-19-20-16(23)21(15)18-10-11-5-4-6-12(17)9-11/h2-9,18H,10H2,1H3,(H,20,23). The number of H-pyrrole nitrogens is 1. The molecule has 3 aromatic rings. The van der Waals surface area contributed by atoms with Crippen molar-refractivity contribution in [2.75, 3.05) is 12.5 Å². The topological polar surface area (TPSA) is 54.9 Å². The first-order valence-electron chi connectivity index (χ1n) is 6.98. The zero-order chi connectivity index (χ0) is 16.2. The lowest BCUT2D eigenvalue weighted by Crippen LogP contribution is -2.16. The number of methoxy groups -OCH3 is 1. The number of ether oxygens (including phenoxy) is 1. The molecule has 0 bridgehead atoms. The molecule has 3 rings (SSSR count). The lowest BCUT2D eigenvalue weighted by atomic mass is 10.2. The lowest BCUT2D eigenvalue weighted by molar-refractivity contribution is 0.416. The van der Waals surface area contributed by atoms with Gasteiger partial charge in [-0.3, -0.25) is 0 Å². The first kappa shape index (κ1) is 15.6. The maximum Gasteiger partial charge on any atom is 0.214 e. The van der Waals surface area contributed by atoms with Gasteiger partial charge in [0.05, 0.1) is 19.2 Å². The number of hydrogen-bond donors (Lipinski definition) is 2. The Labute approximate surface area is 143 Å². The number of hydrogen-bond acceptors (Lipinski definition) is 4. The van der Waals surface area contributed by atoms with Crippen LogP contribution in [0.4, 0.5) is 0 Å². The fraction of sp³-hybridized carbons (Fsp3) is 0.125. The summed E-state index contributed by atoms with van der Waals surface area (Å²) in [5.41, 5.74) is 5.16. The maximum absolute atomic E-state index is 6.01. The summed E-state index contributed by atoms with van der Waals surface area (Å²) in [4.78, 5) is 0. The second-order valence-electron chi connectivity index (χ2n) is 4.85. The highest BCUT2D eigenvalue weighted by atomic mass is 35.5. The third kappa shape index (κ3) is 3.38. The number of halogens is 1. The van der Waals surface area contributed by atoms with Crippen LogP contribution in [0.1, 0.15) is 5.56 Å². The van der Waals surface area contributed by atoms with E-state index >= 15 is 0 Å². The fourth-order valence-electron chi connectivity index (χ4n) is 2.27. The van der Waals surface area contributed by atoms with Crippen molar-refractivity contribution in [3.05, 3.63) is 63.9 Å². The summed E-state index contributed by atoms with van der Waals surface area (Å²) in [7, 11) is 1.63. The van der Waals surface area contributed by atoms with Crippen molar-refractivity contribution in [1.29, 1.82) is 0 Å². The molecule has 0 aliphatic rings. The van der Waals surface area contributed by atoms with Gasteiger partial charge in [0.25, 0.3) is 0 Å². The van der Waals surface area contributed by atoms with Crippen LogP contribution >= 0.6 is 23.8 Å². The molecule has 7 heteroatoms. The van der Waals surface area contributed by atoms with E-state index < -0.39 is 0 Å². The molecule has 1 aromatic heterocycles. The normalized spacial score (nSPS) is 10.5. The van der Waals surface area contributed by atoms with Crippen molar-refractivity contribution in [3.63, 3.8) is 0 Å². The minimum atomic E-state index is 0.480. The Morgan fingerprint density at radius 3 is 2.87 bits per heavy atom. The molecule has 2 N–H and O–H groups in total. The van der Waals surface area contributed by atoms with Crippen molar-refractivity contribution in [2.45, 2.75) is 6.54 Å². The molecule has 0 spiro atoms. The van der Waals surface area contributed by atoms with E-state index in [0.717, 1.165) is 16.9 Å². The van der Waals surface area contributed by atoms with Crippen LogP contribution in [0.15, 0.2) is 48.5 Å². The van der Waals surface area contributed by atoms with Gasteiger partial charge in [-0.25, -0.2) is 9.77 Å². The smallest absolute Gasteiger partial charge is 0.214 e. The summed E-state index contributed by atoms with van der Waals surface area (Å²) >= 11 is 11.3. The molecule has 5 nitrogen and oxygen atoms in total. The molecule has 0 unspecified atom stereocenters. The van der Waals surface area contributed by atoms with Crippen LogP contribution in [0.3, 0.4) is 0 Å². The summed E-state index contributed by atoms with van der Waals surface area (Å²) in [5, 5.41) is 7.81. The van der Waals surface area contributed by atoms with Crippen LogP contribution < -0.4 is 10.2 Å². The second kappa shape index (κ2) is 6.85. The number of nitrogens with one attached hydrogen (secondary N) is 2. The van der Waals surface area contributed by atoms with Crippen molar-refractivity contribution >= 4 is 23.8 Å². The first-order chi connectivity index (χ1) is 11.2. The molecule has 0 saturated carbocycles. The quantitative estimate of drug-likeness (QED) is 0.685. The van der Waals surface area contributed by atoms with Crippen LogP contribution in [-0.2, 0) is 6.54 Å². The summed E-state index contributed by atoms with van der Waals surface area (Å²) in [6.07, 6.45) is 0. The average molecular weight is 347 g/mol. The Balaban J connectivity index is 1.92. The molecule has 1 heterocycles. The molecule has 0 aliphatic carbocycles. The van der Waals surface area contributed by atoms with Crippen LogP contribution in [0.2, 0.25) is 5.02 Å². The Morgan fingerprint density at radius 1 is 1.26 bits per heavy atom. The Bertz CT molecular complexity index is 874. The molecule has 23 heavy (non-hydrogen) atoms. The van der Waals surface area contributed by atoms with Gasteiger partial charge < -0.3 is 10.2 Å². The number of para-hydroxylation sites is 1. The first-order valence-corrected chi connectivity index (χ1v) is 7.77. The Morgan fingerprint density at radius 2 is 2.09 bits per heavy atom. The van der Waals surface area contributed by atoms with E-state index in [2.05, 4.69) is 15.6 Å². The molecule has 0 saturated heterocycles.